The highest BCUT2D eigenvalue weighted by Gasteiger charge is 2.25. The summed E-state index contributed by atoms with van der Waals surface area (Å²) in [6, 6.07) is 7.77. The fraction of sp³-hybridized carbons (Fsp3) is 0.474. The summed E-state index contributed by atoms with van der Waals surface area (Å²) in [5, 5.41) is 20.9. The van der Waals surface area contributed by atoms with Crippen molar-refractivity contribution >= 4 is 11.6 Å². The van der Waals surface area contributed by atoms with Gasteiger partial charge in [-0.25, -0.2) is 0 Å². The van der Waals surface area contributed by atoms with E-state index in [4.69, 9.17) is 0 Å². The van der Waals surface area contributed by atoms with Crippen LogP contribution in [0.5, 0.6) is 0 Å². The predicted octanol–water partition coefficient (Wildman–Crippen LogP) is 2.20. The van der Waals surface area contributed by atoms with Crippen molar-refractivity contribution in [1.82, 2.24) is 15.1 Å². The van der Waals surface area contributed by atoms with Crippen LogP contribution >= 0.6 is 0 Å². The Hall–Kier alpha value is -2.18. The number of rotatable bonds is 8. The number of carbonyl (C=O) groups is 1. The zero-order chi connectivity index (χ0) is 18.4. The van der Waals surface area contributed by atoms with Gasteiger partial charge in [-0.2, -0.15) is 5.10 Å². The second kappa shape index (κ2) is 8.27. The Morgan fingerprint density at radius 2 is 2.12 bits per heavy atom. The Bertz CT molecular complexity index is 709. The number of benzene rings is 1. The lowest BCUT2D eigenvalue weighted by atomic mass is 9.99. The minimum Gasteiger partial charge on any atom is -0.384 e. The number of hydrogen-bond acceptors (Lipinski definition) is 4. The van der Waals surface area contributed by atoms with Crippen LogP contribution < -0.4 is 10.6 Å². The Kier molecular flexibility index (Phi) is 6.33. The molecule has 1 aromatic carbocycles. The first kappa shape index (κ1) is 19.1. The Balaban J connectivity index is 1.85. The van der Waals surface area contributed by atoms with Gasteiger partial charge in [0.1, 0.15) is 5.60 Å². The molecule has 6 heteroatoms. The average molecular weight is 344 g/mol. The van der Waals surface area contributed by atoms with Crippen LogP contribution in [0.3, 0.4) is 0 Å². The number of amides is 1. The molecule has 0 saturated carbocycles. The van der Waals surface area contributed by atoms with Gasteiger partial charge in [-0.3, -0.25) is 9.48 Å². The van der Waals surface area contributed by atoms with E-state index in [1.807, 2.05) is 38.2 Å². The van der Waals surface area contributed by atoms with Crippen LogP contribution in [0.15, 0.2) is 36.7 Å². The molecule has 0 aliphatic carbocycles. The summed E-state index contributed by atoms with van der Waals surface area (Å²) in [5.41, 5.74) is 1.70. The smallest absolute Gasteiger partial charge is 0.225 e. The van der Waals surface area contributed by atoms with E-state index < -0.39 is 5.60 Å². The summed E-state index contributed by atoms with van der Waals surface area (Å²) >= 11 is 0. The van der Waals surface area contributed by atoms with Crippen LogP contribution in [0.2, 0.25) is 0 Å². The molecule has 3 N–H and O–H groups in total. The fourth-order valence-electron chi connectivity index (χ4n) is 2.68. The zero-order valence-electron chi connectivity index (χ0n) is 15.4. The number of aryl methyl sites for hydroxylation is 2. The molecular weight excluding hydrogens is 316 g/mol. The van der Waals surface area contributed by atoms with E-state index >= 15 is 0 Å². The third-order valence-corrected chi connectivity index (χ3v) is 4.29. The molecule has 2 rings (SSSR count). The number of anilines is 1. The standard InChI is InChI=1S/C19H28N4O2/c1-5-15-8-6-7-9-17(15)22-18(24)10-14(2)20-13-19(3,25)16-11-21-23(4)12-16/h6-9,11-12,14,20,25H,5,10,13H2,1-4H3,(H,22,24)/t14-,19+/m1/s1. The SMILES string of the molecule is CCc1ccccc1NC(=O)C[C@@H](C)NC[C@](C)(O)c1cnn(C)c1. The molecule has 0 fully saturated rings. The average Bonchev–Trinajstić information content (AvgIpc) is 3.01. The third-order valence-electron chi connectivity index (χ3n) is 4.29. The highest BCUT2D eigenvalue weighted by Crippen LogP contribution is 2.19. The van der Waals surface area contributed by atoms with E-state index in [0.29, 0.717) is 13.0 Å². The van der Waals surface area contributed by atoms with Crippen LogP contribution in [-0.2, 0) is 23.9 Å². The van der Waals surface area contributed by atoms with Crippen molar-refractivity contribution in [2.24, 2.45) is 7.05 Å². The molecular formula is C19H28N4O2. The van der Waals surface area contributed by atoms with Crippen LogP contribution in [0, 0.1) is 0 Å². The Morgan fingerprint density at radius 1 is 1.40 bits per heavy atom. The minimum atomic E-state index is -1.03. The summed E-state index contributed by atoms with van der Waals surface area (Å²) in [6.07, 6.45) is 4.65. The molecule has 1 heterocycles. The van der Waals surface area contributed by atoms with Gasteiger partial charge in [-0.15, -0.1) is 0 Å². The lowest BCUT2D eigenvalue weighted by Crippen LogP contribution is -2.40. The molecule has 0 unspecified atom stereocenters. The van der Waals surface area contributed by atoms with Gasteiger partial charge in [0.2, 0.25) is 5.91 Å². The molecule has 0 radical (unpaired) electrons. The van der Waals surface area contributed by atoms with Crippen molar-refractivity contribution in [3.63, 3.8) is 0 Å². The molecule has 0 spiro atoms. The van der Waals surface area contributed by atoms with Crippen molar-refractivity contribution in [1.29, 1.82) is 0 Å². The number of nitrogens with one attached hydrogen (secondary N) is 2. The van der Waals surface area contributed by atoms with Crippen LogP contribution in [0.4, 0.5) is 5.69 Å². The molecule has 136 valence electrons. The Morgan fingerprint density at radius 3 is 2.76 bits per heavy atom. The minimum absolute atomic E-state index is 0.0399. The molecule has 1 amide bonds. The van der Waals surface area contributed by atoms with Gasteiger partial charge in [0.05, 0.1) is 6.20 Å². The molecule has 6 nitrogen and oxygen atoms in total. The summed E-state index contributed by atoms with van der Waals surface area (Å²) < 4.78 is 1.66. The molecule has 2 aromatic rings. The van der Waals surface area contributed by atoms with E-state index in [0.717, 1.165) is 23.2 Å². The van der Waals surface area contributed by atoms with Crippen LogP contribution in [-0.4, -0.2) is 33.4 Å². The highest BCUT2D eigenvalue weighted by molar-refractivity contribution is 5.91. The lowest BCUT2D eigenvalue weighted by Gasteiger charge is -2.25. The molecule has 1 aromatic heterocycles. The number of para-hydroxylation sites is 1. The number of nitrogens with zero attached hydrogens (tertiary/aromatic N) is 2. The molecule has 0 saturated heterocycles. The first-order chi connectivity index (χ1) is 11.8. The third kappa shape index (κ3) is 5.41. The topological polar surface area (TPSA) is 79.2 Å². The maximum atomic E-state index is 12.3. The van der Waals surface area contributed by atoms with E-state index in [1.165, 1.54) is 0 Å². The maximum Gasteiger partial charge on any atom is 0.225 e. The van der Waals surface area contributed by atoms with Gasteiger partial charge in [0.25, 0.3) is 0 Å². The van der Waals surface area contributed by atoms with E-state index in [-0.39, 0.29) is 11.9 Å². The van der Waals surface area contributed by atoms with Gasteiger partial charge in [0, 0.05) is 43.5 Å². The number of hydrogen-bond donors (Lipinski definition) is 3. The van der Waals surface area contributed by atoms with E-state index in [1.54, 1.807) is 24.0 Å². The second-order valence-electron chi connectivity index (χ2n) is 6.72. The van der Waals surface area contributed by atoms with Gasteiger partial charge >= 0.3 is 0 Å². The molecule has 0 bridgehead atoms. The first-order valence-corrected chi connectivity index (χ1v) is 8.64. The summed E-state index contributed by atoms with van der Waals surface area (Å²) in [5.74, 6) is -0.0399. The molecule has 2 atom stereocenters. The largest absolute Gasteiger partial charge is 0.384 e. The molecule has 0 aliphatic heterocycles. The van der Waals surface area contributed by atoms with Gasteiger partial charge in [0.15, 0.2) is 0 Å². The van der Waals surface area contributed by atoms with Crippen LogP contribution in [0.25, 0.3) is 0 Å². The normalized spacial score (nSPS) is 14.8. The monoisotopic (exact) mass is 344 g/mol. The Labute approximate surface area is 149 Å². The summed E-state index contributed by atoms with van der Waals surface area (Å²) in [4.78, 5) is 12.3. The first-order valence-electron chi connectivity index (χ1n) is 8.64. The molecule has 0 aliphatic rings. The highest BCUT2D eigenvalue weighted by atomic mass is 16.3. The number of aliphatic hydroxyl groups is 1. The maximum absolute atomic E-state index is 12.3. The van der Waals surface area contributed by atoms with Crippen molar-refractivity contribution in [2.75, 3.05) is 11.9 Å². The van der Waals surface area contributed by atoms with Gasteiger partial charge < -0.3 is 15.7 Å². The lowest BCUT2D eigenvalue weighted by molar-refractivity contribution is -0.116. The predicted molar refractivity (Wildman–Crippen MR) is 99.3 cm³/mol. The summed E-state index contributed by atoms with van der Waals surface area (Å²) in [6.45, 7) is 6.08. The van der Waals surface area contributed by atoms with Crippen molar-refractivity contribution in [3.05, 3.63) is 47.8 Å². The fourth-order valence-corrected chi connectivity index (χ4v) is 2.68. The van der Waals surface area contributed by atoms with Gasteiger partial charge in [-0.1, -0.05) is 25.1 Å². The van der Waals surface area contributed by atoms with Crippen molar-refractivity contribution in [3.8, 4) is 0 Å². The van der Waals surface area contributed by atoms with Crippen molar-refractivity contribution < 1.29 is 9.90 Å². The van der Waals surface area contributed by atoms with E-state index in [9.17, 15) is 9.90 Å². The van der Waals surface area contributed by atoms with Gasteiger partial charge in [-0.05, 0) is 31.9 Å². The number of aromatic nitrogens is 2. The summed E-state index contributed by atoms with van der Waals surface area (Å²) in [7, 11) is 1.81. The zero-order valence-corrected chi connectivity index (χ0v) is 15.4. The van der Waals surface area contributed by atoms with Crippen LogP contribution in [0.1, 0.15) is 38.3 Å². The second-order valence-corrected chi connectivity index (χ2v) is 6.72. The number of carbonyl (C=O) groups excluding carboxylic acids is 1. The van der Waals surface area contributed by atoms with E-state index in [2.05, 4.69) is 22.7 Å². The quantitative estimate of drug-likeness (QED) is 0.686. The molecule has 25 heavy (non-hydrogen) atoms. The van der Waals surface area contributed by atoms with Crippen molar-refractivity contribution in [2.45, 2.75) is 45.3 Å².